The molecule has 0 aromatic heterocycles. The Labute approximate surface area is 324 Å². The largest absolute Gasteiger partial charge is 0.466 e. The molecule has 9 unspecified atom stereocenters. The Morgan fingerprint density at radius 3 is 2.59 bits per heavy atom. The van der Waals surface area contributed by atoms with E-state index < -0.39 is 0 Å². The van der Waals surface area contributed by atoms with E-state index in [0.717, 1.165) is 43.9 Å². The van der Waals surface area contributed by atoms with Gasteiger partial charge in [0.05, 0.1) is 6.61 Å². The third-order valence-electron chi connectivity index (χ3n) is 19.3. The lowest BCUT2D eigenvalue weighted by Gasteiger charge is -2.42. The van der Waals surface area contributed by atoms with E-state index in [1.54, 1.807) is 114 Å². The van der Waals surface area contributed by atoms with Crippen LogP contribution in [-0.4, -0.2) is 12.6 Å². The second kappa shape index (κ2) is 8.05. The van der Waals surface area contributed by atoms with Crippen LogP contribution < -0.4 is 10.4 Å². The summed E-state index contributed by atoms with van der Waals surface area (Å²) in [4.78, 5) is 13.2. The summed E-state index contributed by atoms with van der Waals surface area (Å²) in [7, 11) is 0. The molecule has 0 N–H and O–H groups in total. The van der Waals surface area contributed by atoms with Crippen LogP contribution in [-0.2, 0) is 26.8 Å². The number of carbonyl (C=O) groups excluding carboxylic acids is 1. The van der Waals surface area contributed by atoms with E-state index in [1.807, 2.05) is 11.1 Å². The van der Waals surface area contributed by atoms with Crippen LogP contribution in [0.5, 0.6) is 0 Å². The van der Waals surface area contributed by atoms with E-state index in [4.69, 9.17) is 4.74 Å². The fourth-order valence-corrected chi connectivity index (χ4v) is 18.5. The number of allylic oxidation sites excluding steroid dienone is 4. The van der Waals surface area contributed by atoms with E-state index in [9.17, 15) is 4.79 Å². The maximum Gasteiger partial charge on any atom is 0.305 e. The average Bonchev–Trinajstić information content (AvgIpc) is 3.89. The average molecular weight is 721 g/mol. The molecule has 1 spiro atoms. The molecule has 18 rings (SSSR count). The Kier molecular flexibility index (Phi) is 4.00. The highest BCUT2D eigenvalue weighted by Crippen LogP contribution is 2.87. The van der Waals surface area contributed by atoms with E-state index in [2.05, 4.69) is 55.5 Å². The highest BCUT2D eigenvalue weighted by molar-refractivity contribution is 6.48. The van der Waals surface area contributed by atoms with Gasteiger partial charge in [0.15, 0.2) is 0 Å². The van der Waals surface area contributed by atoms with E-state index in [-0.39, 0.29) is 16.8 Å². The van der Waals surface area contributed by atoms with Gasteiger partial charge >= 0.3 is 5.97 Å². The Morgan fingerprint density at radius 1 is 0.804 bits per heavy atom. The molecule has 2 nitrogen and oxygen atoms in total. The summed E-state index contributed by atoms with van der Waals surface area (Å²) >= 11 is 0. The zero-order valence-electron chi connectivity index (χ0n) is 31.8. The highest BCUT2D eigenvalue weighted by Gasteiger charge is 2.81. The third kappa shape index (κ3) is 2.31. The van der Waals surface area contributed by atoms with E-state index in [1.165, 1.54) is 31.2 Å². The van der Waals surface area contributed by atoms with Gasteiger partial charge in [-0.25, -0.2) is 0 Å². The molecule has 7 aromatic rings. The number of unbranched alkanes of at least 4 members (excludes halogenated alkanes) is 1. The highest BCUT2D eigenvalue weighted by atomic mass is 16.5. The molecule has 0 radical (unpaired) electrons. The van der Waals surface area contributed by atoms with Crippen LogP contribution in [0, 0.1) is 23.7 Å². The minimum atomic E-state index is -0.0367. The molecular formula is C54H40O2. The molecule has 0 aliphatic heterocycles. The van der Waals surface area contributed by atoms with Crippen molar-refractivity contribution in [2.75, 3.05) is 6.61 Å². The number of benzene rings is 5. The monoisotopic (exact) mass is 720 g/mol. The minimum absolute atomic E-state index is 0.00691. The van der Waals surface area contributed by atoms with Gasteiger partial charge < -0.3 is 4.74 Å². The number of rotatable bonds is 8. The Morgan fingerprint density at radius 2 is 1.68 bits per heavy atom. The molecule has 3 saturated carbocycles. The standard InChI is InChI=1S/C54H40O2/c1-2-3-12-56-30(55)10-7-11-53(28-8-5-4-6-9-28)52-29-19-26-17-23-15-24-14-21-13-22-16-25-18-27-20-54(52,53)51-37(27)42-36(25)41-32(22)31(21)39-35(24)40-33(23)34(26)43-38(29)50(51)49-47(42)45(41)44(39)46(40)48(43)49/h4-6,8-9,15,18-19,21-22,24,27,31,35,52H,2-3,7,10-14,16-17,20H2,1H3. The van der Waals surface area contributed by atoms with Crippen molar-refractivity contribution in [1.82, 2.24) is 0 Å². The van der Waals surface area contributed by atoms with Crippen LogP contribution in [0.1, 0.15) is 127 Å². The molecule has 7 aromatic carbocycles. The first-order chi connectivity index (χ1) is 27.7. The second-order valence-corrected chi connectivity index (χ2v) is 20.8. The molecule has 9 atom stereocenters. The molecule has 0 heterocycles. The molecular weight excluding hydrogens is 681 g/mol. The lowest BCUT2D eigenvalue weighted by molar-refractivity contribution is -0.143. The normalized spacial score (nSPS) is 34.8. The molecule has 0 amide bonds. The Balaban J connectivity index is 1.04. The van der Waals surface area contributed by atoms with Crippen molar-refractivity contribution in [3.05, 3.63) is 103 Å². The van der Waals surface area contributed by atoms with Gasteiger partial charge in [0, 0.05) is 40.9 Å². The lowest BCUT2D eigenvalue weighted by atomic mass is 9.61. The van der Waals surface area contributed by atoms with Crippen LogP contribution in [0.15, 0.2) is 48.6 Å². The molecule has 56 heavy (non-hydrogen) atoms. The summed E-state index contributed by atoms with van der Waals surface area (Å²) in [5.41, 5.74) is 20.8. The number of carbonyl (C=O) groups is 1. The van der Waals surface area contributed by atoms with Gasteiger partial charge in [0.25, 0.3) is 0 Å². The molecule has 3 fully saturated rings. The van der Waals surface area contributed by atoms with Crippen LogP contribution in [0.25, 0.3) is 76.2 Å². The lowest BCUT2D eigenvalue weighted by Crippen LogP contribution is -2.37. The smallest absolute Gasteiger partial charge is 0.305 e. The van der Waals surface area contributed by atoms with E-state index >= 15 is 0 Å². The van der Waals surface area contributed by atoms with Crippen LogP contribution in [0.4, 0.5) is 0 Å². The first kappa shape index (κ1) is 27.8. The minimum Gasteiger partial charge on any atom is -0.466 e. The summed E-state index contributed by atoms with van der Waals surface area (Å²) in [6.07, 6.45) is 16.6. The zero-order valence-corrected chi connectivity index (χ0v) is 31.8. The van der Waals surface area contributed by atoms with Crippen molar-refractivity contribution in [2.45, 2.75) is 99.7 Å². The maximum atomic E-state index is 13.2. The van der Waals surface area contributed by atoms with Crippen molar-refractivity contribution >= 4 is 82.1 Å². The van der Waals surface area contributed by atoms with Crippen LogP contribution >= 0.6 is 0 Å². The van der Waals surface area contributed by atoms with Gasteiger partial charge in [-0.3, -0.25) is 4.79 Å². The predicted octanol–water partition coefficient (Wildman–Crippen LogP) is 10.5. The zero-order chi connectivity index (χ0) is 35.6. The molecule has 2 heteroatoms. The summed E-state index contributed by atoms with van der Waals surface area (Å²) in [5, 5.41) is 20.5. The summed E-state index contributed by atoms with van der Waals surface area (Å²) < 4.78 is 5.78. The van der Waals surface area contributed by atoms with Crippen molar-refractivity contribution in [3.63, 3.8) is 0 Å². The molecule has 11 aliphatic carbocycles. The van der Waals surface area contributed by atoms with Crippen molar-refractivity contribution in [3.8, 4) is 0 Å². The third-order valence-corrected chi connectivity index (χ3v) is 19.3. The quantitative estimate of drug-likeness (QED) is 0.0888. The molecule has 268 valence electrons. The molecule has 0 bridgehead atoms. The fourth-order valence-electron chi connectivity index (χ4n) is 18.5. The number of hydrogen-bond acceptors (Lipinski definition) is 2. The fraction of sp³-hybridized carbons (Fsp3) is 0.389. The number of ether oxygens (including phenoxy) is 1. The summed E-state index contributed by atoms with van der Waals surface area (Å²) in [6.45, 7) is 2.72. The van der Waals surface area contributed by atoms with Gasteiger partial charge in [-0.1, -0.05) is 67.5 Å². The first-order valence-corrected chi connectivity index (χ1v) is 22.5. The predicted molar refractivity (Wildman–Crippen MR) is 223 cm³/mol. The maximum absolute atomic E-state index is 13.2. The Hall–Kier alpha value is -4.69. The number of fused-ring (bicyclic) bond motifs is 1. The first-order valence-electron chi connectivity index (χ1n) is 22.5. The number of hydrogen-bond donors (Lipinski definition) is 0. The van der Waals surface area contributed by atoms with Crippen LogP contribution in [0.3, 0.4) is 0 Å². The SMILES string of the molecule is CCCCOC(=O)CCCC1(c2ccccc2)C2c3cc4c5c6c7c8c9c%10c%11c%12c%13c%14c(c%15c3c5c8c%15c%13%10)C21CC%14C=C%12CC1CC2CC(C=C6C4)C7C=9C2C=%111. The van der Waals surface area contributed by atoms with Crippen molar-refractivity contribution < 1.29 is 9.53 Å². The summed E-state index contributed by atoms with van der Waals surface area (Å²) in [5.74, 6) is 4.38. The van der Waals surface area contributed by atoms with Gasteiger partial charge in [-0.05, 0) is 195 Å². The van der Waals surface area contributed by atoms with Gasteiger partial charge in [-0.2, -0.15) is 0 Å². The second-order valence-electron chi connectivity index (χ2n) is 20.8. The van der Waals surface area contributed by atoms with Crippen LogP contribution in [0.2, 0.25) is 0 Å². The van der Waals surface area contributed by atoms with Gasteiger partial charge in [-0.15, -0.1) is 0 Å². The topological polar surface area (TPSA) is 26.3 Å². The molecule has 0 saturated heterocycles. The summed E-state index contributed by atoms with van der Waals surface area (Å²) in [6, 6.07) is 14.5. The van der Waals surface area contributed by atoms with Gasteiger partial charge in [0.1, 0.15) is 0 Å². The number of esters is 1. The molecule has 11 aliphatic rings. The van der Waals surface area contributed by atoms with Gasteiger partial charge in [0.2, 0.25) is 0 Å². The van der Waals surface area contributed by atoms with Crippen molar-refractivity contribution in [2.24, 2.45) is 23.7 Å². The van der Waals surface area contributed by atoms with Crippen molar-refractivity contribution in [1.29, 1.82) is 0 Å². The Bertz CT molecular complexity index is 3450. The van der Waals surface area contributed by atoms with E-state index in [0.29, 0.717) is 42.6 Å².